The minimum Gasteiger partial charge on any atom is -0.359 e. The largest absolute Gasteiger partial charge is 0.433 e. The molecule has 0 radical (unpaired) electrons. The summed E-state index contributed by atoms with van der Waals surface area (Å²) in [6.45, 7) is 14.0. The highest BCUT2D eigenvalue weighted by Gasteiger charge is 2.38. The molecule has 1 aromatic heterocycles. The number of aromatic nitrogens is 2. The molecule has 0 aliphatic heterocycles. The Hall–Kier alpha value is -2.12. The second kappa shape index (κ2) is 10.4. The van der Waals surface area contributed by atoms with Gasteiger partial charge in [-0.1, -0.05) is 34.3 Å². The number of hydrogen-bond donors (Lipinski definition) is 0. The summed E-state index contributed by atoms with van der Waals surface area (Å²) in [5.74, 6) is 1.37. The van der Waals surface area contributed by atoms with Crippen LogP contribution in [0.2, 0.25) is 0 Å². The quantitative estimate of drug-likeness (QED) is 0.528. The summed E-state index contributed by atoms with van der Waals surface area (Å²) in [6.07, 6.45) is -2.82. The maximum absolute atomic E-state index is 13.3. The summed E-state index contributed by atoms with van der Waals surface area (Å²) in [6, 6.07) is 1.56. The second-order valence-electron chi connectivity index (χ2n) is 7.22. The van der Waals surface area contributed by atoms with Gasteiger partial charge in [-0.05, 0) is 18.8 Å². The van der Waals surface area contributed by atoms with Crippen LogP contribution in [0, 0.1) is 5.92 Å². The lowest BCUT2D eigenvalue weighted by molar-refractivity contribution is -0.0572. The molecular weight excluding hydrogens is 367 g/mol. The molecule has 0 aliphatic rings. The molecule has 28 heavy (non-hydrogen) atoms. The van der Waals surface area contributed by atoms with Gasteiger partial charge in [0, 0.05) is 45.4 Å². The van der Waals surface area contributed by atoms with Gasteiger partial charge in [0.2, 0.25) is 5.95 Å². The lowest BCUT2D eigenvalue weighted by Crippen LogP contribution is -2.30. The highest BCUT2D eigenvalue weighted by molar-refractivity contribution is 6.25. The van der Waals surface area contributed by atoms with Crippen LogP contribution in [0.3, 0.4) is 0 Å². The maximum atomic E-state index is 13.3. The van der Waals surface area contributed by atoms with Crippen molar-refractivity contribution in [2.75, 3.05) is 43.5 Å². The third kappa shape index (κ3) is 6.49. The molecule has 0 aliphatic carbocycles. The first-order valence-corrected chi connectivity index (χ1v) is 9.63. The van der Waals surface area contributed by atoms with Crippen molar-refractivity contribution in [3.63, 3.8) is 0 Å². The molecule has 0 saturated carbocycles. The van der Waals surface area contributed by atoms with Crippen LogP contribution in [0.25, 0.3) is 5.57 Å². The molecule has 1 heterocycles. The van der Waals surface area contributed by atoms with Crippen molar-refractivity contribution in [1.29, 1.82) is 0 Å². The first-order chi connectivity index (χ1) is 13.0. The Bertz CT molecular complexity index is 677. The highest BCUT2D eigenvalue weighted by Crippen LogP contribution is 2.29. The highest BCUT2D eigenvalue weighted by atomic mass is 19.4. The summed E-state index contributed by atoms with van der Waals surface area (Å²) in [5.41, 5.74) is -1.12. The molecule has 0 atom stereocenters. The zero-order valence-electron chi connectivity index (χ0n) is 17.8. The average Bonchev–Trinajstić information content (AvgIpc) is 2.59. The van der Waals surface area contributed by atoms with E-state index in [9.17, 15) is 13.2 Å². The smallest absolute Gasteiger partial charge is 0.359 e. The molecular formula is C20H32F3N5. The van der Waals surface area contributed by atoms with E-state index in [1.807, 2.05) is 30.7 Å². The van der Waals surface area contributed by atoms with E-state index in [2.05, 4.69) is 35.4 Å². The van der Waals surface area contributed by atoms with Gasteiger partial charge in [0.25, 0.3) is 0 Å². The molecule has 5 nitrogen and oxygen atoms in total. The molecule has 0 fully saturated rings. The monoisotopic (exact) mass is 399 g/mol. The van der Waals surface area contributed by atoms with E-state index in [1.54, 1.807) is 6.07 Å². The zero-order chi connectivity index (χ0) is 21.5. The van der Waals surface area contributed by atoms with Crippen LogP contribution in [-0.2, 0) is 0 Å². The Morgan fingerprint density at radius 2 is 1.75 bits per heavy atom. The number of alkyl halides is 3. The third-order valence-corrected chi connectivity index (χ3v) is 4.09. The maximum Gasteiger partial charge on any atom is 0.433 e. The van der Waals surface area contributed by atoms with Crippen LogP contribution in [0.1, 0.15) is 46.2 Å². The Morgan fingerprint density at radius 1 is 1.18 bits per heavy atom. The fourth-order valence-electron chi connectivity index (χ4n) is 2.96. The summed E-state index contributed by atoms with van der Waals surface area (Å²) in [4.78, 5) is 16.4. The van der Waals surface area contributed by atoms with Gasteiger partial charge in [-0.25, -0.2) is 4.98 Å². The number of rotatable bonds is 10. The van der Waals surface area contributed by atoms with Crippen LogP contribution in [-0.4, -0.2) is 55.6 Å². The Kier molecular flexibility index (Phi) is 8.91. The minimum absolute atomic E-state index is 0.144. The first kappa shape index (κ1) is 23.9. The SMILES string of the molecule is C=C(/C(=N\C)C(F)(F)F)c1cc(N(C)CC(C)C)nc(N(CCC)CCC)n1. The number of nitrogens with zero attached hydrogens (tertiary/aromatic N) is 5. The Morgan fingerprint density at radius 3 is 2.18 bits per heavy atom. The third-order valence-electron chi connectivity index (χ3n) is 4.09. The van der Waals surface area contributed by atoms with Gasteiger partial charge in [0.15, 0.2) is 0 Å². The van der Waals surface area contributed by atoms with Crippen molar-refractivity contribution in [3.05, 3.63) is 18.3 Å². The number of allylic oxidation sites excluding steroid dienone is 1. The molecule has 0 spiro atoms. The predicted molar refractivity (Wildman–Crippen MR) is 111 cm³/mol. The van der Waals surface area contributed by atoms with E-state index < -0.39 is 11.9 Å². The van der Waals surface area contributed by atoms with Crippen molar-refractivity contribution >= 4 is 23.1 Å². The van der Waals surface area contributed by atoms with E-state index in [0.29, 0.717) is 17.7 Å². The molecule has 0 N–H and O–H groups in total. The number of aliphatic imine (C=N–C) groups is 1. The molecule has 0 amide bonds. The van der Waals surface area contributed by atoms with Crippen LogP contribution in [0.15, 0.2) is 17.6 Å². The van der Waals surface area contributed by atoms with Gasteiger partial charge in [-0.2, -0.15) is 18.2 Å². The summed E-state index contributed by atoms with van der Waals surface area (Å²) < 4.78 is 40.0. The van der Waals surface area contributed by atoms with E-state index in [1.165, 1.54) is 0 Å². The number of halogens is 3. The van der Waals surface area contributed by atoms with E-state index in [-0.39, 0.29) is 11.3 Å². The average molecular weight is 400 g/mol. The lowest BCUT2D eigenvalue weighted by atomic mass is 10.1. The number of anilines is 2. The van der Waals surface area contributed by atoms with Gasteiger partial charge < -0.3 is 9.80 Å². The molecule has 1 aromatic rings. The van der Waals surface area contributed by atoms with Crippen LogP contribution >= 0.6 is 0 Å². The number of hydrogen-bond acceptors (Lipinski definition) is 5. The predicted octanol–water partition coefficient (Wildman–Crippen LogP) is 4.84. The summed E-state index contributed by atoms with van der Waals surface area (Å²) >= 11 is 0. The van der Waals surface area contributed by atoms with Crippen LogP contribution in [0.5, 0.6) is 0 Å². The standard InChI is InChI=1S/C20H32F3N5/c1-8-10-28(11-9-2)19-25-16(15(5)18(24-6)20(21,22)23)12-17(26-19)27(7)13-14(3)4/h12,14H,5,8-11,13H2,1-4,6-7H3/b24-18+. The molecule has 0 unspecified atom stereocenters. The van der Waals surface area contributed by atoms with Gasteiger partial charge in [0.1, 0.15) is 11.5 Å². The van der Waals surface area contributed by atoms with Crippen molar-refractivity contribution in [1.82, 2.24) is 9.97 Å². The molecule has 0 saturated heterocycles. The topological polar surface area (TPSA) is 44.6 Å². The normalized spacial score (nSPS) is 12.4. The molecule has 158 valence electrons. The minimum atomic E-state index is -4.59. The molecule has 1 rings (SSSR count). The van der Waals surface area contributed by atoms with Crippen LogP contribution in [0.4, 0.5) is 24.9 Å². The summed E-state index contributed by atoms with van der Waals surface area (Å²) in [7, 11) is 2.99. The zero-order valence-corrected chi connectivity index (χ0v) is 17.8. The van der Waals surface area contributed by atoms with Crippen molar-refractivity contribution in [2.24, 2.45) is 10.9 Å². The fraction of sp³-hybridized carbons (Fsp3) is 0.650. The van der Waals surface area contributed by atoms with Gasteiger partial charge in [0.05, 0.1) is 5.69 Å². The van der Waals surface area contributed by atoms with Crippen molar-refractivity contribution in [3.8, 4) is 0 Å². The van der Waals surface area contributed by atoms with Crippen molar-refractivity contribution < 1.29 is 13.2 Å². The first-order valence-electron chi connectivity index (χ1n) is 9.63. The van der Waals surface area contributed by atoms with Gasteiger partial charge in [-0.3, -0.25) is 4.99 Å². The molecule has 0 aromatic carbocycles. The van der Waals surface area contributed by atoms with E-state index in [4.69, 9.17) is 0 Å². The fourth-order valence-corrected chi connectivity index (χ4v) is 2.96. The van der Waals surface area contributed by atoms with Gasteiger partial charge in [-0.15, -0.1) is 0 Å². The van der Waals surface area contributed by atoms with E-state index >= 15 is 0 Å². The second-order valence-corrected chi connectivity index (χ2v) is 7.22. The van der Waals surface area contributed by atoms with Gasteiger partial charge >= 0.3 is 6.18 Å². The lowest BCUT2D eigenvalue weighted by Gasteiger charge is -2.26. The van der Waals surface area contributed by atoms with Crippen LogP contribution < -0.4 is 9.80 Å². The molecule has 8 heteroatoms. The Balaban J connectivity index is 3.49. The molecule has 0 bridgehead atoms. The van der Waals surface area contributed by atoms with E-state index in [0.717, 1.165) is 39.5 Å². The van der Waals surface area contributed by atoms with Crippen molar-refractivity contribution in [2.45, 2.75) is 46.7 Å². The summed E-state index contributed by atoms with van der Waals surface area (Å²) in [5, 5.41) is 0. The Labute approximate surface area is 166 Å².